The summed E-state index contributed by atoms with van der Waals surface area (Å²) in [7, 11) is 0. The monoisotopic (exact) mass is 275 g/mol. The molecule has 0 spiro atoms. The van der Waals surface area contributed by atoms with E-state index < -0.39 is 17.2 Å². The first-order valence-electron chi connectivity index (χ1n) is 5.65. The van der Waals surface area contributed by atoms with Gasteiger partial charge in [-0.25, -0.2) is 8.78 Å². The number of nitrogens with one attached hydrogen (secondary N) is 1. The van der Waals surface area contributed by atoms with Crippen LogP contribution >= 0.6 is 11.6 Å². The number of benzene rings is 1. The number of amides is 1. The van der Waals surface area contributed by atoms with E-state index in [1.54, 1.807) is 0 Å². The van der Waals surface area contributed by atoms with Crippen LogP contribution in [0.4, 0.5) is 8.78 Å². The molecule has 0 aliphatic heterocycles. The lowest BCUT2D eigenvalue weighted by Gasteiger charge is -2.25. The Morgan fingerprint density at radius 1 is 1.39 bits per heavy atom. The summed E-state index contributed by atoms with van der Waals surface area (Å²) in [5.74, 6) is -1.85. The maximum atomic E-state index is 13.4. The molecule has 100 valence electrons. The summed E-state index contributed by atoms with van der Waals surface area (Å²) in [6.45, 7) is 3.66. The van der Waals surface area contributed by atoms with E-state index in [9.17, 15) is 13.6 Å². The van der Waals surface area contributed by atoms with Crippen LogP contribution in [0, 0.1) is 11.6 Å². The van der Waals surface area contributed by atoms with E-state index in [1.807, 2.05) is 13.8 Å². The van der Waals surface area contributed by atoms with Gasteiger partial charge >= 0.3 is 0 Å². The summed E-state index contributed by atoms with van der Waals surface area (Å²) in [6.07, 6.45) is 0.418. The maximum absolute atomic E-state index is 13.4. The normalized spacial score (nSPS) is 11.4. The predicted molar refractivity (Wildman–Crippen MR) is 67.6 cm³/mol. The SMILES string of the molecule is CC(C)(CCCl)NC(=O)Cc1cccc(F)c1F. The van der Waals surface area contributed by atoms with Crippen molar-refractivity contribution < 1.29 is 13.6 Å². The fourth-order valence-corrected chi connectivity index (χ4v) is 2.05. The second-order valence-electron chi connectivity index (χ2n) is 4.76. The molecule has 0 heterocycles. The number of hydrogen-bond acceptors (Lipinski definition) is 1. The number of rotatable bonds is 5. The van der Waals surface area contributed by atoms with Crippen molar-refractivity contribution in [3.05, 3.63) is 35.4 Å². The third kappa shape index (κ3) is 4.26. The molecule has 0 atom stereocenters. The van der Waals surface area contributed by atoms with Crippen LogP contribution < -0.4 is 5.32 Å². The molecule has 0 unspecified atom stereocenters. The molecule has 1 rings (SSSR count). The number of hydrogen-bond donors (Lipinski definition) is 1. The molecule has 0 saturated heterocycles. The average Bonchev–Trinajstić information content (AvgIpc) is 2.23. The smallest absolute Gasteiger partial charge is 0.224 e. The van der Waals surface area contributed by atoms with Crippen LogP contribution in [0.5, 0.6) is 0 Å². The van der Waals surface area contributed by atoms with E-state index in [-0.39, 0.29) is 17.9 Å². The second-order valence-corrected chi connectivity index (χ2v) is 5.14. The van der Waals surface area contributed by atoms with Crippen molar-refractivity contribution in [2.45, 2.75) is 32.2 Å². The summed E-state index contributed by atoms with van der Waals surface area (Å²) in [4.78, 5) is 11.7. The van der Waals surface area contributed by atoms with Crippen molar-refractivity contribution >= 4 is 17.5 Å². The standard InChI is InChI=1S/C13H16ClF2NO/c1-13(2,6-7-14)17-11(18)8-9-4-3-5-10(15)12(9)16/h3-5H,6-8H2,1-2H3,(H,17,18). The van der Waals surface area contributed by atoms with Crippen molar-refractivity contribution in [2.75, 3.05) is 5.88 Å². The van der Waals surface area contributed by atoms with Gasteiger partial charge in [0.1, 0.15) is 0 Å². The lowest BCUT2D eigenvalue weighted by atomic mass is 10.0. The topological polar surface area (TPSA) is 29.1 Å². The van der Waals surface area contributed by atoms with Crippen molar-refractivity contribution in [3.8, 4) is 0 Å². The van der Waals surface area contributed by atoms with Gasteiger partial charge < -0.3 is 5.32 Å². The van der Waals surface area contributed by atoms with Crippen molar-refractivity contribution in [1.82, 2.24) is 5.32 Å². The van der Waals surface area contributed by atoms with Gasteiger partial charge in [0.15, 0.2) is 11.6 Å². The zero-order valence-electron chi connectivity index (χ0n) is 10.4. The minimum Gasteiger partial charge on any atom is -0.351 e. The van der Waals surface area contributed by atoms with E-state index in [0.29, 0.717) is 12.3 Å². The molecule has 1 amide bonds. The van der Waals surface area contributed by atoms with Gasteiger partial charge in [0, 0.05) is 17.0 Å². The molecule has 1 aromatic carbocycles. The quantitative estimate of drug-likeness (QED) is 0.823. The number of carbonyl (C=O) groups is 1. The Bertz CT molecular complexity index is 435. The average molecular weight is 276 g/mol. The molecule has 1 N–H and O–H groups in total. The lowest BCUT2D eigenvalue weighted by Crippen LogP contribution is -2.44. The Kier molecular flexibility index (Phi) is 5.08. The molecule has 0 radical (unpaired) electrons. The van der Waals surface area contributed by atoms with E-state index in [1.165, 1.54) is 12.1 Å². The molecule has 5 heteroatoms. The van der Waals surface area contributed by atoms with Gasteiger partial charge in [0.25, 0.3) is 0 Å². The lowest BCUT2D eigenvalue weighted by molar-refractivity contribution is -0.122. The molecule has 0 aliphatic rings. The van der Waals surface area contributed by atoms with Crippen LogP contribution in [0.1, 0.15) is 25.8 Å². The highest BCUT2D eigenvalue weighted by atomic mass is 35.5. The second kappa shape index (κ2) is 6.14. The molecule has 0 aliphatic carbocycles. The molecular formula is C13H16ClF2NO. The van der Waals surface area contributed by atoms with Gasteiger partial charge in [-0.05, 0) is 26.3 Å². The first kappa shape index (κ1) is 14.9. The summed E-state index contributed by atoms with van der Waals surface area (Å²) < 4.78 is 26.3. The van der Waals surface area contributed by atoms with Crippen molar-refractivity contribution in [1.29, 1.82) is 0 Å². The van der Waals surface area contributed by atoms with Crippen LogP contribution in [-0.4, -0.2) is 17.3 Å². The van der Waals surface area contributed by atoms with Gasteiger partial charge in [0.2, 0.25) is 5.91 Å². The van der Waals surface area contributed by atoms with Gasteiger partial charge in [0.05, 0.1) is 6.42 Å². The molecular weight excluding hydrogens is 260 g/mol. The molecule has 18 heavy (non-hydrogen) atoms. The molecule has 1 aromatic rings. The molecule has 0 fully saturated rings. The van der Waals surface area contributed by atoms with Crippen LogP contribution in [0.2, 0.25) is 0 Å². The van der Waals surface area contributed by atoms with Crippen molar-refractivity contribution in [3.63, 3.8) is 0 Å². The third-order valence-electron chi connectivity index (χ3n) is 2.58. The Morgan fingerprint density at radius 3 is 2.67 bits per heavy atom. The number of alkyl halides is 1. The Labute approximate surface area is 110 Å². The van der Waals surface area contributed by atoms with E-state index in [4.69, 9.17) is 11.6 Å². The van der Waals surface area contributed by atoms with Gasteiger partial charge in [-0.2, -0.15) is 0 Å². The Morgan fingerprint density at radius 2 is 2.06 bits per heavy atom. The van der Waals surface area contributed by atoms with Crippen LogP contribution in [0.25, 0.3) is 0 Å². The van der Waals surface area contributed by atoms with Gasteiger partial charge in [-0.1, -0.05) is 12.1 Å². The molecule has 0 bridgehead atoms. The highest BCUT2D eigenvalue weighted by Crippen LogP contribution is 2.14. The van der Waals surface area contributed by atoms with Crippen LogP contribution in [-0.2, 0) is 11.2 Å². The highest BCUT2D eigenvalue weighted by molar-refractivity contribution is 6.17. The zero-order chi connectivity index (χ0) is 13.8. The number of carbonyl (C=O) groups excluding carboxylic acids is 1. The van der Waals surface area contributed by atoms with Gasteiger partial charge in [-0.15, -0.1) is 11.6 Å². The summed E-state index contributed by atoms with van der Waals surface area (Å²) >= 11 is 5.61. The highest BCUT2D eigenvalue weighted by Gasteiger charge is 2.20. The molecule has 0 saturated carbocycles. The van der Waals surface area contributed by atoms with Crippen LogP contribution in [0.3, 0.4) is 0 Å². The first-order valence-corrected chi connectivity index (χ1v) is 6.19. The summed E-state index contributed by atoms with van der Waals surface area (Å²) in [6, 6.07) is 3.80. The van der Waals surface area contributed by atoms with E-state index >= 15 is 0 Å². The molecule has 0 aromatic heterocycles. The first-order chi connectivity index (χ1) is 8.35. The fourth-order valence-electron chi connectivity index (χ4n) is 1.58. The summed E-state index contributed by atoms with van der Waals surface area (Å²) in [5.41, 5.74) is -0.406. The fraction of sp³-hybridized carbons (Fsp3) is 0.462. The minimum absolute atomic E-state index is 0.0502. The summed E-state index contributed by atoms with van der Waals surface area (Å²) in [5, 5.41) is 2.74. The Balaban J connectivity index is 2.68. The predicted octanol–water partition coefficient (Wildman–Crippen LogP) is 3.03. The largest absolute Gasteiger partial charge is 0.351 e. The third-order valence-corrected chi connectivity index (χ3v) is 2.77. The maximum Gasteiger partial charge on any atom is 0.224 e. The van der Waals surface area contributed by atoms with E-state index in [2.05, 4.69) is 5.32 Å². The molecule has 2 nitrogen and oxygen atoms in total. The van der Waals surface area contributed by atoms with Crippen molar-refractivity contribution in [2.24, 2.45) is 0 Å². The number of halogens is 3. The zero-order valence-corrected chi connectivity index (χ0v) is 11.2. The minimum atomic E-state index is -0.970. The van der Waals surface area contributed by atoms with Crippen LogP contribution in [0.15, 0.2) is 18.2 Å². The van der Waals surface area contributed by atoms with E-state index in [0.717, 1.165) is 6.07 Å². The van der Waals surface area contributed by atoms with Gasteiger partial charge in [-0.3, -0.25) is 4.79 Å². The Hall–Kier alpha value is -1.16.